The first-order valence-corrected chi connectivity index (χ1v) is 9.37. The predicted octanol–water partition coefficient (Wildman–Crippen LogP) is 3.87. The summed E-state index contributed by atoms with van der Waals surface area (Å²) in [7, 11) is 0. The van der Waals surface area contributed by atoms with E-state index in [0.29, 0.717) is 40.6 Å². The minimum absolute atomic E-state index is 0.0668. The Bertz CT molecular complexity index is 1370. The second-order valence-corrected chi connectivity index (χ2v) is 7.17. The van der Waals surface area contributed by atoms with Gasteiger partial charge in [-0.1, -0.05) is 48.5 Å². The average Bonchev–Trinajstić information content (AvgIpc) is 3.04. The lowest BCUT2D eigenvalue weighted by Gasteiger charge is -2.15. The van der Waals surface area contributed by atoms with Gasteiger partial charge in [-0.2, -0.15) is 0 Å². The lowest BCUT2D eigenvalue weighted by Crippen LogP contribution is -2.24. The molecule has 0 radical (unpaired) electrons. The number of rotatable bonds is 3. The van der Waals surface area contributed by atoms with Crippen LogP contribution in [0.1, 0.15) is 21.5 Å². The van der Waals surface area contributed by atoms with E-state index in [0.717, 1.165) is 11.1 Å². The number of aromatic nitrogens is 1. The van der Waals surface area contributed by atoms with Crippen LogP contribution in [0.15, 0.2) is 71.5 Å². The Kier molecular flexibility index (Phi) is 3.77. The van der Waals surface area contributed by atoms with Gasteiger partial charge in [0.15, 0.2) is 17.3 Å². The number of benzene rings is 3. The average molecular weight is 383 g/mol. The molecule has 29 heavy (non-hydrogen) atoms. The highest BCUT2D eigenvalue weighted by Gasteiger charge is 2.32. The molecule has 3 aromatic carbocycles. The smallest absolute Gasteiger partial charge is 0.258 e. The summed E-state index contributed by atoms with van der Waals surface area (Å²) in [6.07, 6.45) is 0.467. The molecule has 5 nitrogen and oxygen atoms in total. The van der Waals surface area contributed by atoms with E-state index in [4.69, 9.17) is 0 Å². The molecule has 5 heteroatoms. The molecule has 0 saturated heterocycles. The van der Waals surface area contributed by atoms with Crippen molar-refractivity contribution >= 4 is 16.6 Å². The number of fused-ring (bicyclic) bond motifs is 5. The second-order valence-electron chi connectivity index (χ2n) is 7.17. The number of carbonyl (C=O) groups is 1. The zero-order valence-corrected chi connectivity index (χ0v) is 15.4. The van der Waals surface area contributed by atoms with E-state index < -0.39 is 0 Å². The van der Waals surface area contributed by atoms with Crippen molar-refractivity contribution in [3.63, 3.8) is 0 Å². The molecule has 142 valence electrons. The van der Waals surface area contributed by atoms with Crippen LogP contribution in [0, 0.1) is 0 Å². The molecular weight excluding hydrogens is 366 g/mol. The molecule has 0 bridgehead atoms. The highest BCUT2D eigenvalue weighted by Crippen LogP contribution is 2.39. The van der Waals surface area contributed by atoms with Crippen LogP contribution >= 0.6 is 0 Å². The number of aryl methyl sites for hydroxylation is 1. The molecule has 0 unspecified atom stereocenters. The fourth-order valence-electron chi connectivity index (χ4n) is 4.11. The number of hydrogen-bond donors (Lipinski definition) is 2. The molecule has 1 heterocycles. The van der Waals surface area contributed by atoms with Gasteiger partial charge in [0.05, 0.1) is 11.3 Å². The van der Waals surface area contributed by atoms with E-state index >= 15 is 0 Å². The van der Waals surface area contributed by atoms with Gasteiger partial charge in [0.25, 0.3) is 5.56 Å². The number of aromatic hydroxyl groups is 2. The minimum Gasteiger partial charge on any atom is -0.504 e. The highest BCUT2D eigenvalue weighted by atomic mass is 16.3. The van der Waals surface area contributed by atoms with Crippen LogP contribution < -0.4 is 5.56 Å². The third-order valence-corrected chi connectivity index (χ3v) is 5.50. The topological polar surface area (TPSA) is 79.5 Å². The summed E-state index contributed by atoms with van der Waals surface area (Å²) in [5.74, 6) is -0.445. The lowest BCUT2D eigenvalue weighted by molar-refractivity contribution is 0.104. The molecule has 1 aliphatic carbocycles. The Balaban J connectivity index is 1.72. The molecular formula is C24H17NO4. The van der Waals surface area contributed by atoms with Gasteiger partial charge in [0, 0.05) is 28.4 Å². The maximum absolute atomic E-state index is 13.3. The summed E-state index contributed by atoms with van der Waals surface area (Å²) in [6, 6.07) is 19.2. The lowest BCUT2D eigenvalue weighted by atomic mass is 10.0. The maximum atomic E-state index is 13.3. The number of phenols is 2. The quantitative estimate of drug-likeness (QED) is 0.464. The largest absolute Gasteiger partial charge is 0.504 e. The van der Waals surface area contributed by atoms with Gasteiger partial charge < -0.3 is 14.8 Å². The van der Waals surface area contributed by atoms with Crippen molar-refractivity contribution in [1.29, 1.82) is 0 Å². The summed E-state index contributed by atoms with van der Waals surface area (Å²) in [4.78, 5) is 26.5. The molecule has 0 fully saturated rings. The van der Waals surface area contributed by atoms with Gasteiger partial charge in [-0.15, -0.1) is 0 Å². The standard InChI is InChI=1S/C24H17NO4/c26-19-10-9-14(13-20(19)27)11-12-25-22-16-6-2-3-7-17(16)23(28)21(22)15-5-1-4-8-18(15)24(25)29/h1-10,13,26-27H,11-12H2. The number of ketones is 1. The summed E-state index contributed by atoms with van der Waals surface area (Å²) in [6.45, 7) is 0.345. The van der Waals surface area contributed by atoms with Gasteiger partial charge in [-0.05, 0) is 30.2 Å². The Morgan fingerprint density at radius 1 is 0.759 bits per heavy atom. The van der Waals surface area contributed by atoms with E-state index in [2.05, 4.69) is 0 Å². The van der Waals surface area contributed by atoms with Crippen molar-refractivity contribution in [2.24, 2.45) is 0 Å². The number of phenolic OH excluding ortho intramolecular Hbond substituents is 2. The third-order valence-electron chi connectivity index (χ3n) is 5.50. The Morgan fingerprint density at radius 2 is 1.45 bits per heavy atom. The van der Waals surface area contributed by atoms with Crippen molar-refractivity contribution in [2.45, 2.75) is 13.0 Å². The van der Waals surface area contributed by atoms with Gasteiger partial charge in [-0.25, -0.2) is 0 Å². The van der Waals surface area contributed by atoms with E-state index in [9.17, 15) is 19.8 Å². The number of hydrogen-bond acceptors (Lipinski definition) is 4. The van der Waals surface area contributed by atoms with Crippen LogP contribution in [0.3, 0.4) is 0 Å². The summed E-state index contributed by atoms with van der Waals surface area (Å²) >= 11 is 0. The molecule has 2 N–H and O–H groups in total. The van der Waals surface area contributed by atoms with Crippen molar-refractivity contribution in [3.05, 3.63) is 93.8 Å². The van der Waals surface area contributed by atoms with Crippen LogP contribution in [0.5, 0.6) is 11.5 Å². The maximum Gasteiger partial charge on any atom is 0.258 e. The molecule has 0 amide bonds. The zero-order valence-electron chi connectivity index (χ0n) is 15.4. The van der Waals surface area contributed by atoms with Crippen molar-refractivity contribution in [2.75, 3.05) is 0 Å². The molecule has 0 aliphatic heterocycles. The first-order chi connectivity index (χ1) is 14.1. The van der Waals surface area contributed by atoms with E-state index in [1.54, 1.807) is 28.8 Å². The van der Waals surface area contributed by atoms with Crippen LogP contribution in [-0.4, -0.2) is 20.6 Å². The highest BCUT2D eigenvalue weighted by molar-refractivity contribution is 6.26. The molecule has 1 aromatic heterocycles. The first-order valence-electron chi connectivity index (χ1n) is 9.37. The van der Waals surface area contributed by atoms with Gasteiger partial charge >= 0.3 is 0 Å². The second kappa shape index (κ2) is 6.34. The molecule has 0 spiro atoms. The van der Waals surface area contributed by atoms with Crippen LogP contribution in [0.25, 0.3) is 22.0 Å². The van der Waals surface area contributed by atoms with Crippen molar-refractivity contribution in [3.8, 4) is 22.8 Å². The van der Waals surface area contributed by atoms with Crippen molar-refractivity contribution < 1.29 is 15.0 Å². The Labute approximate surface area is 166 Å². The summed E-state index contributed by atoms with van der Waals surface area (Å²) in [5, 5.41) is 20.5. The van der Waals surface area contributed by atoms with Crippen LogP contribution in [0.4, 0.5) is 0 Å². The van der Waals surface area contributed by atoms with E-state index in [1.165, 1.54) is 12.1 Å². The SMILES string of the molecule is O=C1c2ccccc2-c2c1c1ccccc1c(=O)n2CCc1ccc(O)c(O)c1. The summed E-state index contributed by atoms with van der Waals surface area (Å²) < 4.78 is 1.66. The van der Waals surface area contributed by atoms with Gasteiger partial charge in [0.2, 0.25) is 0 Å². The minimum atomic E-state index is -0.195. The Morgan fingerprint density at radius 3 is 2.21 bits per heavy atom. The van der Waals surface area contributed by atoms with E-state index in [-0.39, 0.29) is 22.8 Å². The fraction of sp³-hybridized carbons (Fsp3) is 0.0833. The van der Waals surface area contributed by atoms with Gasteiger partial charge in [-0.3, -0.25) is 9.59 Å². The molecule has 4 aromatic rings. The van der Waals surface area contributed by atoms with Crippen LogP contribution in [-0.2, 0) is 13.0 Å². The fourth-order valence-corrected chi connectivity index (χ4v) is 4.11. The monoisotopic (exact) mass is 383 g/mol. The molecule has 1 aliphatic rings. The molecule has 0 atom stereocenters. The van der Waals surface area contributed by atoms with Crippen LogP contribution in [0.2, 0.25) is 0 Å². The number of pyridine rings is 1. The third kappa shape index (κ3) is 2.55. The van der Waals surface area contributed by atoms with Gasteiger partial charge in [0.1, 0.15) is 0 Å². The predicted molar refractivity (Wildman–Crippen MR) is 111 cm³/mol. The van der Waals surface area contributed by atoms with E-state index in [1.807, 2.05) is 30.3 Å². The molecule has 5 rings (SSSR count). The number of carbonyl (C=O) groups excluding carboxylic acids is 1. The normalized spacial score (nSPS) is 12.2. The first kappa shape index (κ1) is 17.3. The zero-order chi connectivity index (χ0) is 20.1. The Hall–Kier alpha value is -3.86. The van der Waals surface area contributed by atoms with Crippen molar-refractivity contribution in [1.82, 2.24) is 4.57 Å². The summed E-state index contributed by atoms with van der Waals surface area (Å²) in [5.41, 5.74) is 3.23. The molecule has 0 saturated carbocycles. The number of nitrogens with zero attached hydrogens (tertiary/aromatic N) is 1.